The van der Waals surface area contributed by atoms with E-state index in [0.717, 1.165) is 30.4 Å². The van der Waals surface area contributed by atoms with Gasteiger partial charge in [-0.3, -0.25) is 0 Å². The number of aliphatic imine (C=N–C) groups is 1. The van der Waals surface area contributed by atoms with Gasteiger partial charge in [0.05, 0.1) is 13.7 Å². The van der Waals surface area contributed by atoms with E-state index in [1.54, 1.807) is 19.2 Å². The molecule has 5 nitrogen and oxygen atoms in total. The van der Waals surface area contributed by atoms with Gasteiger partial charge in [-0.05, 0) is 42.3 Å². The molecule has 0 heterocycles. The third-order valence-electron chi connectivity index (χ3n) is 3.60. The lowest BCUT2D eigenvalue weighted by molar-refractivity contribution is 0.414. The van der Waals surface area contributed by atoms with Crippen molar-refractivity contribution < 1.29 is 9.84 Å². The molecule has 0 atom stereocenters. The molecule has 2 rings (SSSR count). The summed E-state index contributed by atoms with van der Waals surface area (Å²) in [4.78, 5) is 6.73. The van der Waals surface area contributed by atoms with Crippen LogP contribution in [0.15, 0.2) is 53.5 Å². The van der Waals surface area contributed by atoms with Gasteiger partial charge in [-0.25, -0.2) is 4.99 Å². The van der Waals surface area contributed by atoms with Gasteiger partial charge in [-0.2, -0.15) is 0 Å². The zero-order valence-corrected chi connectivity index (χ0v) is 14.5. The smallest absolute Gasteiger partial charge is 0.194 e. The number of methoxy groups -OCH3 is 1. The first-order chi connectivity index (χ1) is 11.6. The van der Waals surface area contributed by atoms with Gasteiger partial charge in [0.2, 0.25) is 0 Å². The van der Waals surface area contributed by atoms with Crippen LogP contribution >= 0.6 is 0 Å². The van der Waals surface area contributed by atoms with Crippen LogP contribution in [0.2, 0.25) is 0 Å². The number of nitrogens with zero attached hydrogens (tertiary/aromatic N) is 2. The van der Waals surface area contributed by atoms with E-state index in [1.807, 2.05) is 50.4 Å². The molecule has 0 radical (unpaired) electrons. The molecule has 2 aromatic carbocycles. The number of hydrogen-bond donors (Lipinski definition) is 2. The third-order valence-corrected chi connectivity index (χ3v) is 3.60. The molecule has 24 heavy (non-hydrogen) atoms. The van der Waals surface area contributed by atoms with Gasteiger partial charge in [0.1, 0.15) is 11.5 Å². The van der Waals surface area contributed by atoms with Crippen molar-refractivity contribution in [1.29, 1.82) is 0 Å². The van der Waals surface area contributed by atoms with Crippen molar-refractivity contribution >= 4 is 5.96 Å². The van der Waals surface area contributed by atoms with Crippen LogP contribution in [0.25, 0.3) is 0 Å². The second kappa shape index (κ2) is 8.82. The Morgan fingerprint density at radius 3 is 2.54 bits per heavy atom. The predicted molar refractivity (Wildman–Crippen MR) is 97.4 cm³/mol. The van der Waals surface area contributed by atoms with Crippen LogP contribution in [-0.4, -0.2) is 36.7 Å². The van der Waals surface area contributed by atoms with Crippen LogP contribution in [0, 0.1) is 0 Å². The summed E-state index contributed by atoms with van der Waals surface area (Å²) in [5.41, 5.74) is 2.16. The molecule has 0 amide bonds. The van der Waals surface area contributed by atoms with Crippen molar-refractivity contribution in [2.75, 3.05) is 20.7 Å². The second-order valence-corrected chi connectivity index (χ2v) is 5.54. The summed E-state index contributed by atoms with van der Waals surface area (Å²) in [7, 11) is 3.67. The Hall–Kier alpha value is -2.69. The second-order valence-electron chi connectivity index (χ2n) is 5.54. The maximum Gasteiger partial charge on any atom is 0.194 e. The number of rotatable bonds is 6. The fourth-order valence-corrected chi connectivity index (χ4v) is 2.37. The SMILES string of the molecule is CCNC(=NCc1cccc(O)c1)N(C)Cc1ccc(OC)cc1. The van der Waals surface area contributed by atoms with Crippen LogP contribution < -0.4 is 10.1 Å². The number of hydrogen-bond acceptors (Lipinski definition) is 3. The minimum absolute atomic E-state index is 0.263. The van der Waals surface area contributed by atoms with Gasteiger partial charge < -0.3 is 20.1 Å². The number of phenols is 1. The van der Waals surface area contributed by atoms with Gasteiger partial charge in [0.15, 0.2) is 5.96 Å². The fourth-order valence-electron chi connectivity index (χ4n) is 2.37. The van der Waals surface area contributed by atoms with Gasteiger partial charge in [0, 0.05) is 20.1 Å². The minimum Gasteiger partial charge on any atom is -0.508 e. The van der Waals surface area contributed by atoms with Crippen LogP contribution in [0.1, 0.15) is 18.1 Å². The van der Waals surface area contributed by atoms with Crippen molar-refractivity contribution in [3.63, 3.8) is 0 Å². The monoisotopic (exact) mass is 327 g/mol. The Morgan fingerprint density at radius 2 is 1.92 bits per heavy atom. The van der Waals surface area contributed by atoms with E-state index in [2.05, 4.69) is 15.2 Å². The summed E-state index contributed by atoms with van der Waals surface area (Å²) in [6.07, 6.45) is 0. The molecular weight excluding hydrogens is 302 g/mol. The highest BCUT2D eigenvalue weighted by Crippen LogP contribution is 2.14. The topological polar surface area (TPSA) is 57.1 Å². The van der Waals surface area contributed by atoms with E-state index in [-0.39, 0.29) is 5.75 Å². The van der Waals surface area contributed by atoms with Gasteiger partial charge >= 0.3 is 0 Å². The number of benzene rings is 2. The summed E-state index contributed by atoms with van der Waals surface area (Å²) < 4.78 is 5.19. The van der Waals surface area contributed by atoms with Crippen molar-refractivity contribution in [2.45, 2.75) is 20.0 Å². The average Bonchev–Trinajstić information content (AvgIpc) is 2.59. The first-order valence-electron chi connectivity index (χ1n) is 8.02. The normalized spacial score (nSPS) is 11.2. The molecule has 0 fully saturated rings. The summed E-state index contributed by atoms with van der Waals surface area (Å²) in [6.45, 7) is 4.11. The summed E-state index contributed by atoms with van der Waals surface area (Å²) in [6, 6.07) is 15.2. The van der Waals surface area contributed by atoms with Crippen molar-refractivity contribution in [3.05, 3.63) is 59.7 Å². The lowest BCUT2D eigenvalue weighted by Gasteiger charge is -2.22. The van der Waals surface area contributed by atoms with Gasteiger partial charge in [-0.15, -0.1) is 0 Å². The summed E-state index contributed by atoms with van der Waals surface area (Å²) in [5.74, 6) is 1.95. The highest BCUT2D eigenvalue weighted by Gasteiger charge is 2.07. The highest BCUT2D eigenvalue weighted by atomic mass is 16.5. The molecule has 2 N–H and O–H groups in total. The van der Waals surface area contributed by atoms with E-state index in [9.17, 15) is 5.11 Å². The first kappa shape index (κ1) is 17.7. The lowest BCUT2D eigenvalue weighted by Crippen LogP contribution is -2.38. The Labute approximate surface area is 143 Å². The van der Waals surface area contributed by atoms with Gasteiger partial charge in [-0.1, -0.05) is 24.3 Å². The Morgan fingerprint density at radius 1 is 1.17 bits per heavy atom. The highest BCUT2D eigenvalue weighted by molar-refractivity contribution is 5.79. The number of nitrogens with one attached hydrogen (secondary N) is 1. The molecule has 2 aromatic rings. The maximum atomic E-state index is 9.54. The fraction of sp³-hybridized carbons (Fsp3) is 0.316. The molecule has 0 aliphatic heterocycles. The molecule has 0 aliphatic rings. The molecule has 128 valence electrons. The first-order valence-corrected chi connectivity index (χ1v) is 8.02. The van der Waals surface area contributed by atoms with Crippen LogP contribution in [0.5, 0.6) is 11.5 Å². The molecule has 0 bridgehead atoms. The van der Waals surface area contributed by atoms with E-state index in [1.165, 1.54) is 5.56 Å². The number of guanidine groups is 1. The number of phenolic OH excluding ortho intramolecular Hbond substituents is 1. The molecule has 0 aliphatic carbocycles. The lowest BCUT2D eigenvalue weighted by atomic mass is 10.2. The summed E-state index contributed by atoms with van der Waals surface area (Å²) in [5, 5.41) is 12.8. The molecule has 0 saturated heterocycles. The molecular formula is C19H25N3O2. The zero-order chi connectivity index (χ0) is 17.4. The van der Waals surface area contributed by atoms with Crippen LogP contribution in [0.3, 0.4) is 0 Å². The van der Waals surface area contributed by atoms with E-state index in [0.29, 0.717) is 6.54 Å². The summed E-state index contributed by atoms with van der Waals surface area (Å²) >= 11 is 0. The van der Waals surface area contributed by atoms with Crippen LogP contribution in [-0.2, 0) is 13.1 Å². The Bertz CT molecular complexity index is 669. The van der Waals surface area contributed by atoms with Crippen molar-refractivity contribution in [1.82, 2.24) is 10.2 Å². The quantitative estimate of drug-likeness (QED) is 0.632. The molecule has 0 aromatic heterocycles. The predicted octanol–water partition coefficient (Wildman–Crippen LogP) is 3.00. The molecule has 5 heteroatoms. The maximum absolute atomic E-state index is 9.54. The molecule has 0 unspecified atom stereocenters. The average molecular weight is 327 g/mol. The standard InChI is InChI=1S/C19H25N3O2/c1-4-20-19(21-13-16-6-5-7-17(23)12-16)22(2)14-15-8-10-18(24-3)11-9-15/h5-12,23H,4,13-14H2,1-3H3,(H,20,21). The van der Waals surface area contributed by atoms with E-state index >= 15 is 0 Å². The van der Waals surface area contributed by atoms with Crippen molar-refractivity contribution in [2.24, 2.45) is 4.99 Å². The third kappa shape index (κ3) is 5.19. The largest absolute Gasteiger partial charge is 0.508 e. The van der Waals surface area contributed by atoms with Crippen molar-refractivity contribution in [3.8, 4) is 11.5 Å². The number of ether oxygens (including phenoxy) is 1. The number of aromatic hydroxyl groups is 1. The van der Waals surface area contributed by atoms with Gasteiger partial charge in [0.25, 0.3) is 0 Å². The van der Waals surface area contributed by atoms with E-state index in [4.69, 9.17) is 4.74 Å². The van der Waals surface area contributed by atoms with Crippen LogP contribution in [0.4, 0.5) is 0 Å². The minimum atomic E-state index is 0.263. The Kier molecular flexibility index (Phi) is 6.49. The molecule has 0 spiro atoms. The zero-order valence-electron chi connectivity index (χ0n) is 14.5. The molecule has 0 saturated carbocycles. The Balaban J connectivity index is 2.05. The van der Waals surface area contributed by atoms with E-state index < -0.39 is 0 Å².